The van der Waals surface area contributed by atoms with E-state index < -0.39 is 28.5 Å². The predicted molar refractivity (Wildman–Crippen MR) is 9.19 cm³/mol. The molecule has 0 fully saturated rings. The van der Waals surface area contributed by atoms with Gasteiger partial charge in [-0.1, -0.05) is 0 Å². The van der Waals surface area contributed by atoms with Gasteiger partial charge >= 0.3 is 35.6 Å². The molecule has 0 saturated heterocycles. The minimum atomic E-state index is -8.07. The van der Waals surface area contributed by atoms with Crippen molar-refractivity contribution >= 4 is 28.5 Å². The van der Waals surface area contributed by atoms with Gasteiger partial charge in [0.2, 0.25) is 0 Å². The predicted octanol–water partition coefficient (Wildman–Crippen LogP) is -0.975. The van der Waals surface area contributed by atoms with E-state index >= 15 is 0 Å². The van der Waals surface area contributed by atoms with Gasteiger partial charge in [-0.2, -0.15) is 0 Å². The first kappa shape index (κ1) is 6.26. The summed E-state index contributed by atoms with van der Waals surface area (Å²) in [6.45, 7) is 0. The molecule has 0 N–H and O–H groups in total. The van der Waals surface area contributed by atoms with Crippen molar-refractivity contribution in [2.75, 3.05) is 0 Å². The van der Waals surface area contributed by atoms with Gasteiger partial charge in [-0.15, -0.1) is 0 Å². The van der Waals surface area contributed by atoms with Crippen LogP contribution in [0.15, 0.2) is 0 Å². The second kappa shape index (κ2) is 0.907. The average molecular weight is 120 g/mol. The average Bonchev–Trinajstić information content (AvgIpc) is 0.650. The fraction of sp³-hybridized carbons (Fsp3) is 0. The zero-order chi connectivity index (χ0) is 5.45. The second-order valence-electron chi connectivity index (χ2n) is 1.18. The summed E-state index contributed by atoms with van der Waals surface area (Å²) in [5.41, 5.74) is 0. The van der Waals surface area contributed by atoms with E-state index in [2.05, 4.69) is 0 Å². The first-order valence-electron chi connectivity index (χ1n) is 1.44. The molecule has 5 nitrogen and oxygen atoms in total. The monoisotopic (exact) mass is 120 g/mol. The summed E-state index contributed by atoms with van der Waals surface area (Å²) in [4.78, 5) is 0. The normalized spacial score (nSPS) is 18.3. The van der Waals surface area contributed by atoms with Crippen LogP contribution in [0.5, 0.6) is 0 Å². The molecule has 0 bridgehead atoms. The van der Waals surface area contributed by atoms with Gasteiger partial charge in [0.1, 0.15) is 0 Å². The van der Waals surface area contributed by atoms with E-state index in [1.165, 1.54) is 0 Å². The van der Waals surface area contributed by atoms with Gasteiger partial charge in [0.05, 0.1) is 0 Å². The fourth-order valence-corrected chi connectivity index (χ4v) is 0. The van der Waals surface area contributed by atoms with Crippen LogP contribution < -0.4 is 0 Å². The Labute approximate surface area is 35.4 Å². The van der Waals surface area contributed by atoms with Gasteiger partial charge in [0, 0.05) is 0 Å². The molecule has 32 valence electrons. The van der Waals surface area contributed by atoms with E-state index in [1.54, 1.807) is 0 Å². The maximum absolute atomic E-state index is 8.68. The molecule has 0 saturated carbocycles. The first-order valence-corrected chi connectivity index (χ1v) is 5.95. The molecule has 0 aromatic rings. The molecule has 0 aliphatic carbocycles. The molecule has 6 heteroatoms. The van der Waals surface area contributed by atoms with Crippen LogP contribution in [0, 0.1) is 0 Å². The molecular weight excluding hydrogens is 120 g/mol. The molecule has 0 aromatic carbocycles. The van der Waals surface area contributed by atoms with Crippen molar-refractivity contribution in [3.63, 3.8) is 0 Å². The molecule has 0 amide bonds. The molecule has 0 aromatic heterocycles. The van der Waals surface area contributed by atoms with E-state index in [9.17, 15) is 0 Å². The van der Waals surface area contributed by atoms with Crippen LogP contribution in [0.25, 0.3) is 0 Å². The van der Waals surface area contributed by atoms with Gasteiger partial charge in [-0.3, -0.25) is 0 Å². The Hall–Kier alpha value is 0.260. The Morgan fingerprint density at radius 3 is 0.667 bits per heavy atom. The van der Waals surface area contributed by atoms with Crippen LogP contribution in [0.2, 0.25) is 0 Å². The minimum absolute atomic E-state index is 8.07. The zero-order valence-electron chi connectivity index (χ0n) is 2.75. The van der Waals surface area contributed by atoms with E-state index in [4.69, 9.17) is 7.17 Å². The third-order valence-corrected chi connectivity index (χ3v) is 0. The molecule has 6 heavy (non-hydrogen) atoms. The van der Waals surface area contributed by atoms with Crippen LogP contribution in [0.3, 0.4) is 0 Å². The number of hydrogen-bond acceptors (Lipinski definition) is 5. The molecule has 0 spiro atoms. The van der Waals surface area contributed by atoms with Crippen molar-refractivity contribution in [2.24, 2.45) is 0 Å². The Morgan fingerprint density at radius 1 is 0.667 bits per heavy atom. The van der Waals surface area contributed by atoms with Crippen molar-refractivity contribution in [1.29, 1.82) is 0 Å². The molecule has 0 aliphatic heterocycles. The van der Waals surface area contributed by atoms with Crippen LogP contribution in [0.4, 0.5) is 0 Å². The van der Waals surface area contributed by atoms with E-state index in [1.807, 2.05) is 0 Å². The third-order valence-electron chi connectivity index (χ3n) is 0. The van der Waals surface area contributed by atoms with Gasteiger partial charge in [0.15, 0.2) is 0 Å². The van der Waals surface area contributed by atoms with Crippen LogP contribution in [-0.2, 0) is 7.17 Å². The van der Waals surface area contributed by atoms with Crippen molar-refractivity contribution in [3.05, 3.63) is 0 Å². The Kier molecular flexibility index (Phi) is 0.946. The SMILES string of the molecule is [O]=[Ca](=[O])(=[O])(=[O])=[O]. The van der Waals surface area contributed by atoms with Crippen LogP contribution >= 0.6 is 0 Å². The fourth-order valence-electron chi connectivity index (χ4n) is 0. The summed E-state index contributed by atoms with van der Waals surface area (Å²) >= 11 is -8.07. The molecule has 0 rings (SSSR count). The topological polar surface area (TPSA) is 85.3 Å². The summed E-state index contributed by atoms with van der Waals surface area (Å²) in [5.74, 6) is 0. The zero-order valence-corrected chi connectivity index (χ0v) is 4.96. The summed E-state index contributed by atoms with van der Waals surface area (Å²) in [6, 6.07) is 0. The Bertz CT molecular complexity index is 274. The summed E-state index contributed by atoms with van der Waals surface area (Å²) in [5, 5.41) is 0. The van der Waals surface area contributed by atoms with Crippen molar-refractivity contribution in [3.8, 4) is 0 Å². The van der Waals surface area contributed by atoms with Crippen molar-refractivity contribution in [1.82, 2.24) is 0 Å². The summed E-state index contributed by atoms with van der Waals surface area (Å²) in [6.07, 6.45) is 0. The maximum atomic E-state index is 8.68. The Balaban J connectivity index is 7.45. The van der Waals surface area contributed by atoms with Crippen molar-refractivity contribution < 1.29 is 7.17 Å². The molecule has 0 aliphatic rings. The standard InChI is InChI=1S/Ca.5O. The summed E-state index contributed by atoms with van der Waals surface area (Å²) in [7, 11) is 0. The van der Waals surface area contributed by atoms with E-state index in [-0.39, 0.29) is 0 Å². The quantitative estimate of drug-likeness (QED) is 0.384. The van der Waals surface area contributed by atoms with Gasteiger partial charge in [0.25, 0.3) is 0 Å². The van der Waals surface area contributed by atoms with Gasteiger partial charge in [-0.05, 0) is 0 Å². The van der Waals surface area contributed by atoms with Crippen molar-refractivity contribution in [2.45, 2.75) is 0 Å². The number of hydrogen-bond donors (Lipinski definition) is 0. The summed E-state index contributed by atoms with van der Waals surface area (Å²) < 4.78 is 43.4. The molecule has 0 unspecified atom stereocenters. The van der Waals surface area contributed by atoms with Crippen LogP contribution in [-0.4, -0.2) is 28.5 Å². The van der Waals surface area contributed by atoms with E-state index in [0.29, 0.717) is 0 Å². The first-order chi connectivity index (χ1) is 2.24. The molecule has 0 atom stereocenters. The van der Waals surface area contributed by atoms with E-state index in [0.717, 1.165) is 0 Å². The molecule has 0 heterocycles. The molecule has 0 radical (unpaired) electrons. The number of rotatable bonds is 0. The van der Waals surface area contributed by atoms with Gasteiger partial charge in [-0.25, -0.2) is 0 Å². The molecular formula is CaO5. The third kappa shape index (κ3) is 671. The Morgan fingerprint density at radius 2 is 0.667 bits per heavy atom. The second-order valence-corrected chi connectivity index (χ2v) is 4.86. The van der Waals surface area contributed by atoms with Crippen LogP contribution in [0.1, 0.15) is 0 Å². The van der Waals surface area contributed by atoms with Gasteiger partial charge < -0.3 is 0 Å².